The average Bonchev–Trinajstić information content (AvgIpc) is 3.76. The van der Waals surface area contributed by atoms with E-state index in [1.54, 1.807) is 91.0 Å². The molecule has 15 nitrogen and oxygen atoms in total. The second kappa shape index (κ2) is 30.2. The molecule has 15 heteroatoms. The Morgan fingerprint density at radius 3 is 1.42 bits per heavy atom. The molecule has 5 aromatic carbocycles. The fourth-order valence-corrected chi connectivity index (χ4v) is 8.84. The molecule has 2 aliphatic rings. The topological polar surface area (TPSA) is 181 Å². The van der Waals surface area contributed by atoms with Gasteiger partial charge in [-0.1, -0.05) is 160 Å². The fourth-order valence-electron chi connectivity index (χ4n) is 8.84. The molecule has 394 valence electrons. The van der Waals surface area contributed by atoms with Crippen LogP contribution in [0.1, 0.15) is 106 Å². The SMILES string of the molecule is COC(=O)CCCCCCCCCCCO[C@@H]1O[C@H](CO)[C@H](OCc2ccccc2)[C@H](OCc2ccccc2)[C@H]1O[C@@H]1O[C@@H](COC(=O)c2ccccc2)[C@H](OC(=O)c2ccccc2)[C@H]1OC(=O)c1ccccc1. The summed E-state index contributed by atoms with van der Waals surface area (Å²) in [5.41, 5.74) is 2.42. The summed E-state index contributed by atoms with van der Waals surface area (Å²) >= 11 is 0. The van der Waals surface area contributed by atoms with Gasteiger partial charge in [-0.2, -0.15) is 0 Å². The monoisotopic (exact) mass is 1020 g/mol. The molecule has 5 aromatic rings. The van der Waals surface area contributed by atoms with Crippen LogP contribution in [0.4, 0.5) is 0 Å². The molecule has 9 atom stereocenters. The molecule has 0 bridgehead atoms. The maximum absolute atomic E-state index is 14.1. The number of carbonyl (C=O) groups excluding carboxylic acids is 4. The number of methoxy groups -OCH3 is 1. The van der Waals surface area contributed by atoms with Crippen molar-refractivity contribution in [2.45, 2.75) is 133 Å². The van der Waals surface area contributed by atoms with Crippen molar-refractivity contribution < 1.29 is 71.7 Å². The van der Waals surface area contributed by atoms with Crippen LogP contribution in [-0.2, 0) is 65.4 Å². The summed E-state index contributed by atoms with van der Waals surface area (Å²) < 4.78 is 63.2. The third-order valence-corrected chi connectivity index (χ3v) is 12.8. The van der Waals surface area contributed by atoms with Crippen molar-refractivity contribution in [3.8, 4) is 0 Å². The van der Waals surface area contributed by atoms with Crippen molar-refractivity contribution in [1.29, 1.82) is 0 Å². The van der Waals surface area contributed by atoms with Crippen molar-refractivity contribution in [3.05, 3.63) is 179 Å². The highest BCUT2D eigenvalue weighted by Gasteiger charge is 2.56. The van der Waals surface area contributed by atoms with Crippen LogP contribution in [0.25, 0.3) is 0 Å². The average molecular weight is 1020 g/mol. The minimum absolute atomic E-state index is 0.0973. The highest BCUT2D eigenvalue weighted by atomic mass is 16.8. The van der Waals surface area contributed by atoms with Gasteiger partial charge in [-0.15, -0.1) is 0 Å². The third-order valence-electron chi connectivity index (χ3n) is 12.8. The minimum Gasteiger partial charge on any atom is -0.469 e. The second-order valence-electron chi connectivity index (χ2n) is 18.2. The van der Waals surface area contributed by atoms with E-state index in [1.807, 2.05) is 60.7 Å². The van der Waals surface area contributed by atoms with E-state index in [4.69, 9.17) is 47.4 Å². The second-order valence-corrected chi connectivity index (χ2v) is 18.2. The molecule has 0 aliphatic carbocycles. The first-order valence-electron chi connectivity index (χ1n) is 25.6. The lowest BCUT2D eigenvalue weighted by molar-refractivity contribution is -0.349. The van der Waals surface area contributed by atoms with Crippen LogP contribution in [0.2, 0.25) is 0 Å². The number of hydrogen-bond acceptors (Lipinski definition) is 15. The summed E-state index contributed by atoms with van der Waals surface area (Å²) in [5, 5.41) is 11.0. The van der Waals surface area contributed by atoms with E-state index in [2.05, 4.69) is 0 Å². The number of rotatable bonds is 29. The summed E-state index contributed by atoms with van der Waals surface area (Å²) in [5.74, 6) is -2.34. The quantitative estimate of drug-likeness (QED) is 0.0272. The molecule has 0 saturated carbocycles. The summed E-state index contributed by atoms with van der Waals surface area (Å²) in [6.07, 6.45) is -1.81. The zero-order chi connectivity index (χ0) is 51.7. The highest BCUT2D eigenvalue weighted by molar-refractivity contribution is 5.91. The molecule has 74 heavy (non-hydrogen) atoms. The van der Waals surface area contributed by atoms with Crippen molar-refractivity contribution in [2.24, 2.45) is 0 Å². The van der Waals surface area contributed by atoms with Gasteiger partial charge in [-0.3, -0.25) is 4.79 Å². The number of hydrogen-bond donors (Lipinski definition) is 1. The van der Waals surface area contributed by atoms with E-state index >= 15 is 0 Å². The summed E-state index contributed by atoms with van der Waals surface area (Å²) in [7, 11) is 1.41. The number of aliphatic hydroxyl groups is 1. The standard InChI is InChI=1S/C59H68O15/c1-65-49(61)36-24-7-5-3-2-4-6-8-25-37-66-58-54(52(68-40-43-28-16-10-17-29-43)50(47(38-60)70-58)67-39-42-26-14-9-15-27-42)74-59-53(73-57(64)46-34-22-13-23-35-46)51(72-56(63)45-32-20-12-21-33-45)48(71-59)41-69-55(62)44-30-18-11-19-31-44/h9-23,26-35,47-48,50-54,58-60H,2-8,24-25,36-41H2,1H3/t47-,48+,50+,51+,52+,53-,54-,58-,59+/m1/s1. The number of esters is 4. The van der Waals surface area contributed by atoms with Gasteiger partial charge >= 0.3 is 23.9 Å². The van der Waals surface area contributed by atoms with Crippen molar-refractivity contribution >= 4 is 23.9 Å². The van der Waals surface area contributed by atoms with Gasteiger partial charge in [0.05, 0.1) is 43.6 Å². The van der Waals surface area contributed by atoms with Gasteiger partial charge in [0, 0.05) is 13.0 Å². The van der Waals surface area contributed by atoms with Crippen molar-refractivity contribution in [2.75, 3.05) is 26.9 Å². The molecule has 0 unspecified atom stereocenters. The minimum atomic E-state index is -1.51. The normalized spacial score (nSPS) is 22.4. The van der Waals surface area contributed by atoms with Crippen LogP contribution in [-0.4, -0.2) is 111 Å². The fraction of sp³-hybridized carbons (Fsp3) is 0.424. The molecule has 0 radical (unpaired) electrons. The summed E-state index contributed by atoms with van der Waals surface area (Å²) in [6.45, 7) is -0.403. The number of ether oxygens (including phenoxy) is 10. The van der Waals surface area contributed by atoms with Crippen LogP contribution in [0.15, 0.2) is 152 Å². The van der Waals surface area contributed by atoms with E-state index in [1.165, 1.54) is 7.11 Å². The molecule has 2 saturated heterocycles. The molecule has 2 fully saturated rings. The predicted octanol–water partition coefficient (Wildman–Crippen LogP) is 9.38. The molecule has 0 spiro atoms. The van der Waals surface area contributed by atoms with E-state index < -0.39 is 86.4 Å². The Kier molecular flexibility index (Phi) is 22.6. The van der Waals surface area contributed by atoms with Crippen molar-refractivity contribution in [1.82, 2.24) is 0 Å². The van der Waals surface area contributed by atoms with Crippen LogP contribution in [0, 0.1) is 0 Å². The smallest absolute Gasteiger partial charge is 0.338 e. The van der Waals surface area contributed by atoms with Gasteiger partial charge in [0.25, 0.3) is 0 Å². The third kappa shape index (κ3) is 16.9. The molecular weight excluding hydrogens is 949 g/mol. The van der Waals surface area contributed by atoms with Crippen LogP contribution < -0.4 is 0 Å². The Bertz CT molecular complexity index is 2410. The highest BCUT2D eigenvalue weighted by Crippen LogP contribution is 2.36. The van der Waals surface area contributed by atoms with E-state index in [0.29, 0.717) is 12.8 Å². The first-order valence-corrected chi connectivity index (χ1v) is 25.6. The van der Waals surface area contributed by atoms with Gasteiger partial charge in [0.1, 0.15) is 37.1 Å². The van der Waals surface area contributed by atoms with E-state index in [9.17, 15) is 24.3 Å². The van der Waals surface area contributed by atoms with Crippen LogP contribution in [0.3, 0.4) is 0 Å². The molecule has 7 rings (SSSR count). The summed E-state index contributed by atoms with van der Waals surface area (Å²) in [6, 6.07) is 44.1. The van der Waals surface area contributed by atoms with Gasteiger partial charge in [-0.25, -0.2) is 14.4 Å². The number of carbonyl (C=O) groups is 4. The largest absolute Gasteiger partial charge is 0.469 e. The van der Waals surface area contributed by atoms with Crippen LogP contribution >= 0.6 is 0 Å². The maximum atomic E-state index is 14.1. The summed E-state index contributed by atoms with van der Waals surface area (Å²) in [4.78, 5) is 52.9. The lowest BCUT2D eigenvalue weighted by Crippen LogP contribution is -2.62. The number of aliphatic hydroxyl groups excluding tert-OH is 1. The Morgan fingerprint density at radius 2 is 0.905 bits per heavy atom. The molecule has 1 N–H and O–H groups in total. The van der Waals surface area contributed by atoms with Gasteiger partial charge in [0.2, 0.25) is 0 Å². The Morgan fingerprint density at radius 1 is 0.459 bits per heavy atom. The lowest BCUT2D eigenvalue weighted by Gasteiger charge is -2.46. The molecular formula is C59H68O15. The molecule has 2 aliphatic heterocycles. The zero-order valence-corrected chi connectivity index (χ0v) is 41.9. The predicted molar refractivity (Wildman–Crippen MR) is 271 cm³/mol. The van der Waals surface area contributed by atoms with Gasteiger partial charge in [-0.05, 0) is 60.4 Å². The molecule has 2 heterocycles. The number of unbranched alkanes of at least 4 members (excludes halogenated alkanes) is 8. The van der Waals surface area contributed by atoms with E-state index in [-0.39, 0.29) is 42.5 Å². The molecule has 0 aromatic heterocycles. The van der Waals surface area contributed by atoms with Gasteiger partial charge < -0.3 is 52.5 Å². The molecule has 0 amide bonds. The van der Waals surface area contributed by atoms with Gasteiger partial charge in [0.15, 0.2) is 24.8 Å². The zero-order valence-electron chi connectivity index (χ0n) is 41.9. The Labute approximate surface area is 433 Å². The maximum Gasteiger partial charge on any atom is 0.338 e. The Hall–Kier alpha value is -6.30. The van der Waals surface area contributed by atoms with Crippen LogP contribution in [0.5, 0.6) is 0 Å². The lowest BCUT2D eigenvalue weighted by atomic mass is 9.97. The Balaban J connectivity index is 1.17. The first-order chi connectivity index (χ1) is 36.3. The number of benzene rings is 5. The van der Waals surface area contributed by atoms with E-state index in [0.717, 1.165) is 62.5 Å². The van der Waals surface area contributed by atoms with Crippen molar-refractivity contribution in [3.63, 3.8) is 0 Å². The first kappa shape index (κ1) is 55.5.